The van der Waals surface area contributed by atoms with Crippen LogP contribution in [0.3, 0.4) is 0 Å². The van der Waals surface area contributed by atoms with E-state index in [1.54, 1.807) is 0 Å². The number of halogens is 2. The SMILES string of the molecule is CC(C)(C)c1ccc(N(c2ccc(Br)cc2)c2ccc(Br)cc2)cc1. The van der Waals surface area contributed by atoms with Crippen LogP contribution in [-0.4, -0.2) is 0 Å². The van der Waals surface area contributed by atoms with Crippen molar-refractivity contribution in [1.29, 1.82) is 0 Å². The number of anilines is 3. The molecule has 0 saturated carbocycles. The zero-order chi connectivity index (χ0) is 18.0. The van der Waals surface area contributed by atoms with Crippen LogP contribution in [0.25, 0.3) is 0 Å². The van der Waals surface area contributed by atoms with E-state index in [0.29, 0.717) is 0 Å². The Labute approximate surface area is 167 Å². The summed E-state index contributed by atoms with van der Waals surface area (Å²) < 4.78 is 2.16. The second-order valence-corrected chi connectivity index (χ2v) is 8.92. The lowest BCUT2D eigenvalue weighted by Gasteiger charge is -2.27. The minimum atomic E-state index is 0.151. The number of benzene rings is 3. The van der Waals surface area contributed by atoms with E-state index < -0.39 is 0 Å². The summed E-state index contributed by atoms with van der Waals surface area (Å²) in [5, 5.41) is 0. The van der Waals surface area contributed by atoms with Gasteiger partial charge in [-0.05, 0) is 71.6 Å². The molecular formula is C22H21Br2N. The largest absolute Gasteiger partial charge is 0.311 e. The topological polar surface area (TPSA) is 3.24 Å². The first kappa shape index (κ1) is 18.2. The predicted molar refractivity (Wildman–Crippen MR) is 115 cm³/mol. The van der Waals surface area contributed by atoms with Crippen molar-refractivity contribution in [3.8, 4) is 0 Å². The molecule has 0 aliphatic carbocycles. The summed E-state index contributed by atoms with van der Waals surface area (Å²) in [5.74, 6) is 0. The molecule has 0 spiro atoms. The Morgan fingerprint density at radius 1 is 0.560 bits per heavy atom. The molecule has 0 radical (unpaired) electrons. The molecular weight excluding hydrogens is 438 g/mol. The van der Waals surface area contributed by atoms with Gasteiger partial charge in [-0.2, -0.15) is 0 Å². The molecule has 0 aromatic heterocycles. The zero-order valence-electron chi connectivity index (χ0n) is 14.6. The maximum Gasteiger partial charge on any atom is 0.0462 e. The summed E-state index contributed by atoms with van der Waals surface area (Å²) >= 11 is 7.05. The fourth-order valence-electron chi connectivity index (χ4n) is 2.74. The van der Waals surface area contributed by atoms with Crippen LogP contribution in [0.15, 0.2) is 81.7 Å². The van der Waals surface area contributed by atoms with Gasteiger partial charge in [0.25, 0.3) is 0 Å². The highest BCUT2D eigenvalue weighted by Gasteiger charge is 2.16. The van der Waals surface area contributed by atoms with Crippen LogP contribution in [0.2, 0.25) is 0 Å². The van der Waals surface area contributed by atoms with E-state index in [2.05, 4.69) is 130 Å². The Kier molecular flexibility index (Phi) is 5.35. The van der Waals surface area contributed by atoms with Crippen molar-refractivity contribution in [3.05, 3.63) is 87.3 Å². The third kappa shape index (κ3) is 4.34. The molecule has 3 heteroatoms. The highest BCUT2D eigenvalue weighted by molar-refractivity contribution is 9.10. The van der Waals surface area contributed by atoms with Gasteiger partial charge in [-0.25, -0.2) is 0 Å². The van der Waals surface area contributed by atoms with Crippen LogP contribution in [0, 0.1) is 0 Å². The van der Waals surface area contributed by atoms with Crippen LogP contribution >= 0.6 is 31.9 Å². The Bertz CT molecular complexity index is 784. The first-order chi connectivity index (χ1) is 11.8. The molecule has 0 amide bonds. The van der Waals surface area contributed by atoms with Crippen molar-refractivity contribution >= 4 is 48.9 Å². The molecule has 0 unspecified atom stereocenters. The second-order valence-electron chi connectivity index (χ2n) is 7.09. The Morgan fingerprint density at radius 3 is 1.20 bits per heavy atom. The summed E-state index contributed by atoms with van der Waals surface area (Å²) in [6.07, 6.45) is 0. The molecule has 1 nitrogen and oxygen atoms in total. The number of hydrogen-bond donors (Lipinski definition) is 0. The molecule has 3 aromatic rings. The molecule has 0 heterocycles. The van der Waals surface area contributed by atoms with E-state index in [0.717, 1.165) is 26.0 Å². The molecule has 0 atom stereocenters. The van der Waals surface area contributed by atoms with Gasteiger partial charge in [0.05, 0.1) is 0 Å². The first-order valence-corrected chi connectivity index (χ1v) is 9.85. The summed E-state index contributed by atoms with van der Waals surface area (Å²) in [6.45, 7) is 6.72. The van der Waals surface area contributed by atoms with Gasteiger partial charge >= 0.3 is 0 Å². The zero-order valence-corrected chi connectivity index (χ0v) is 17.8. The highest BCUT2D eigenvalue weighted by Crippen LogP contribution is 2.36. The molecule has 128 valence electrons. The van der Waals surface area contributed by atoms with Crippen LogP contribution in [0.1, 0.15) is 26.3 Å². The lowest BCUT2D eigenvalue weighted by Crippen LogP contribution is -2.13. The van der Waals surface area contributed by atoms with Crippen molar-refractivity contribution in [2.45, 2.75) is 26.2 Å². The molecule has 0 aliphatic rings. The van der Waals surface area contributed by atoms with E-state index in [1.165, 1.54) is 5.56 Å². The molecule has 3 rings (SSSR count). The Balaban J connectivity index is 2.07. The molecule has 25 heavy (non-hydrogen) atoms. The fraction of sp³-hybridized carbons (Fsp3) is 0.182. The van der Waals surface area contributed by atoms with Crippen LogP contribution in [0.4, 0.5) is 17.1 Å². The average Bonchev–Trinajstić information content (AvgIpc) is 2.58. The second kappa shape index (κ2) is 7.35. The van der Waals surface area contributed by atoms with Gasteiger partial charge in [0.15, 0.2) is 0 Å². The highest BCUT2D eigenvalue weighted by atomic mass is 79.9. The normalized spacial score (nSPS) is 11.4. The number of hydrogen-bond acceptors (Lipinski definition) is 1. The van der Waals surface area contributed by atoms with Gasteiger partial charge in [0.1, 0.15) is 0 Å². The summed E-state index contributed by atoms with van der Waals surface area (Å²) in [6, 6.07) is 25.7. The Morgan fingerprint density at radius 2 is 0.880 bits per heavy atom. The molecule has 0 aliphatic heterocycles. The Hall–Kier alpha value is -1.58. The van der Waals surface area contributed by atoms with Crippen LogP contribution in [0.5, 0.6) is 0 Å². The monoisotopic (exact) mass is 457 g/mol. The van der Waals surface area contributed by atoms with E-state index in [4.69, 9.17) is 0 Å². The molecule has 3 aromatic carbocycles. The van der Waals surface area contributed by atoms with Gasteiger partial charge in [-0.1, -0.05) is 64.8 Å². The lowest BCUT2D eigenvalue weighted by atomic mass is 9.87. The van der Waals surface area contributed by atoms with Gasteiger partial charge in [-0.15, -0.1) is 0 Å². The summed E-state index contributed by atoms with van der Waals surface area (Å²) in [4.78, 5) is 2.27. The van der Waals surface area contributed by atoms with Gasteiger partial charge in [0, 0.05) is 26.0 Å². The van der Waals surface area contributed by atoms with E-state index in [9.17, 15) is 0 Å². The van der Waals surface area contributed by atoms with Gasteiger partial charge < -0.3 is 4.90 Å². The number of nitrogens with zero attached hydrogens (tertiary/aromatic N) is 1. The first-order valence-electron chi connectivity index (χ1n) is 8.26. The van der Waals surface area contributed by atoms with Crippen molar-refractivity contribution in [3.63, 3.8) is 0 Å². The quantitative estimate of drug-likeness (QED) is 0.384. The van der Waals surface area contributed by atoms with Crippen LogP contribution < -0.4 is 4.90 Å². The average molecular weight is 459 g/mol. The van der Waals surface area contributed by atoms with Gasteiger partial charge in [0.2, 0.25) is 0 Å². The standard InChI is InChI=1S/C22H21Br2N/c1-22(2,3)16-4-10-19(11-5-16)25(20-12-6-17(23)7-13-20)21-14-8-18(24)9-15-21/h4-15H,1-3H3. The van der Waals surface area contributed by atoms with E-state index >= 15 is 0 Å². The molecule has 0 saturated heterocycles. The van der Waals surface area contributed by atoms with Gasteiger partial charge in [-0.3, -0.25) is 0 Å². The predicted octanol–water partition coefficient (Wildman–Crippen LogP) is 7.98. The smallest absolute Gasteiger partial charge is 0.0462 e. The minimum absolute atomic E-state index is 0.151. The minimum Gasteiger partial charge on any atom is -0.311 e. The van der Waals surface area contributed by atoms with Crippen LogP contribution in [-0.2, 0) is 5.41 Å². The molecule has 0 bridgehead atoms. The van der Waals surface area contributed by atoms with E-state index in [-0.39, 0.29) is 5.41 Å². The number of rotatable bonds is 3. The molecule has 0 N–H and O–H groups in total. The lowest BCUT2D eigenvalue weighted by molar-refractivity contribution is 0.590. The van der Waals surface area contributed by atoms with Crippen molar-refractivity contribution < 1.29 is 0 Å². The third-order valence-electron chi connectivity index (χ3n) is 4.16. The van der Waals surface area contributed by atoms with Crippen molar-refractivity contribution in [2.75, 3.05) is 4.90 Å². The van der Waals surface area contributed by atoms with E-state index in [1.807, 2.05) is 0 Å². The molecule has 0 fully saturated rings. The maximum absolute atomic E-state index is 3.52. The van der Waals surface area contributed by atoms with Crippen molar-refractivity contribution in [1.82, 2.24) is 0 Å². The van der Waals surface area contributed by atoms with Crippen molar-refractivity contribution in [2.24, 2.45) is 0 Å². The fourth-order valence-corrected chi connectivity index (χ4v) is 3.27. The summed E-state index contributed by atoms with van der Waals surface area (Å²) in [7, 11) is 0. The third-order valence-corrected chi connectivity index (χ3v) is 5.22. The summed E-state index contributed by atoms with van der Waals surface area (Å²) in [5.41, 5.74) is 4.90. The maximum atomic E-state index is 3.52.